The molecule has 0 aliphatic rings. The number of amides is 1. The number of hydrogen-bond acceptors (Lipinski definition) is 4. The van der Waals surface area contributed by atoms with Crippen molar-refractivity contribution in [2.45, 2.75) is 19.4 Å². The summed E-state index contributed by atoms with van der Waals surface area (Å²) >= 11 is 0. The van der Waals surface area contributed by atoms with Crippen molar-refractivity contribution in [3.63, 3.8) is 0 Å². The van der Waals surface area contributed by atoms with E-state index in [1.165, 1.54) is 7.11 Å². The topological polar surface area (TPSA) is 88.1 Å². The van der Waals surface area contributed by atoms with Crippen LogP contribution in [0.1, 0.15) is 24.0 Å². The molecule has 0 aliphatic carbocycles. The molecule has 1 rings (SSSR count). The molecule has 0 unspecified atom stereocenters. The Labute approximate surface area is 107 Å². The van der Waals surface area contributed by atoms with Crippen LogP contribution in [0.2, 0.25) is 0 Å². The fraction of sp³-hybridized carbons (Fsp3) is 0.385. The molecule has 5 nitrogen and oxygen atoms in total. The Morgan fingerprint density at radius 1 is 1.56 bits per heavy atom. The minimum absolute atomic E-state index is 0.284. The van der Waals surface area contributed by atoms with Crippen molar-refractivity contribution in [1.82, 2.24) is 5.32 Å². The highest BCUT2D eigenvalue weighted by Gasteiger charge is 2.03. The molecule has 0 bridgehead atoms. The van der Waals surface area contributed by atoms with E-state index in [0.29, 0.717) is 24.3 Å². The van der Waals surface area contributed by atoms with Gasteiger partial charge in [-0.3, -0.25) is 4.79 Å². The number of ether oxygens (including phenoxy) is 1. The number of benzene rings is 1. The van der Waals surface area contributed by atoms with Crippen LogP contribution in [0, 0.1) is 11.3 Å². The smallest absolute Gasteiger partial charge is 0.217 e. The van der Waals surface area contributed by atoms with Gasteiger partial charge in [0.1, 0.15) is 11.8 Å². The number of methoxy groups -OCH3 is 1. The quantitative estimate of drug-likeness (QED) is 0.701. The van der Waals surface area contributed by atoms with Crippen molar-refractivity contribution in [2.75, 3.05) is 13.7 Å². The Bertz CT molecular complexity index is 452. The zero-order chi connectivity index (χ0) is 13.4. The van der Waals surface area contributed by atoms with Crippen molar-refractivity contribution in [3.8, 4) is 11.8 Å². The van der Waals surface area contributed by atoms with Crippen molar-refractivity contribution in [3.05, 3.63) is 29.3 Å². The molecule has 0 heterocycles. The molecule has 0 aromatic heterocycles. The summed E-state index contributed by atoms with van der Waals surface area (Å²) in [5.41, 5.74) is 6.57. The Morgan fingerprint density at radius 2 is 2.33 bits per heavy atom. The van der Waals surface area contributed by atoms with Crippen molar-refractivity contribution >= 4 is 5.91 Å². The van der Waals surface area contributed by atoms with E-state index in [-0.39, 0.29) is 5.91 Å². The van der Waals surface area contributed by atoms with Gasteiger partial charge in [0.2, 0.25) is 5.91 Å². The SMILES string of the molecule is COc1ccc(CNCCCC(N)=O)cc1C#N. The number of primary amides is 1. The molecule has 1 aromatic rings. The van der Waals surface area contributed by atoms with Crippen LogP contribution in [0.5, 0.6) is 5.75 Å². The van der Waals surface area contributed by atoms with Crippen LogP contribution in [0.4, 0.5) is 0 Å². The Hall–Kier alpha value is -2.06. The maximum Gasteiger partial charge on any atom is 0.217 e. The van der Waals surface area contributed by atoms with Gasteiger partial charge in [-0.15, -0.1) is 0 Å². The molecule has 18 heavy (non-hydrogen) atoms. The summed E-state index contributed by atoms with van der Waals surface area (Å²) in [4.78, 5) is 10.5. The molecule has 0 aliphatic heterocycles. The molecular weight excluding hydrogens is 230 g/mol. The number of nitriles is 1. The summed E-state index contributed by atoms with van der Waals surface area (Å²) in [5, 5.41) is 12.1. The van der Waals surface area contributed by atoms with Crippen molar-refractivity contribution < 1.29 is 9.53 Å². The van der Waals surface area contributed by atoms with Gasteiger partial charge in [0, 0.05) is 13.0 Å². The molecule has 0 fully saturated rings. The van der Waals surface area contributed by atoms with Gasteiger partial charge in [-0.25, -0.2) is 0 Å². The second-order valence-electron chi connectivity index (χ2n) is 3.89. The van der Waals surface area contributed by atoms with E-state index in [0.717, 1.165) is 18.5 Å². The van der Waals surface area contributed by atoms with Crippen LogP contribution in [0.3, 0.4) is 0 Å². The van der Waals surface area contributed by atoms with Crippen molar-refractivity contribution in [1.29, 1.82) is 5.26 Å². The third-order valence-electron chi connectivity index (χ3n) is 2.49. The molecule has 0 atom stereocenters. The summed E-state index contributed by atoms with van der Waals surface area (Å²) in [6.07, 6.45) is 1.11. The highest BCUT2D eigenvalue weighted by atomic mass is 16.5. The molecule has 0 saturated heterocycles. The summed E-state index contributed by atoms with van der Waals surface area (Å²) in [6.45, 7) is 1.37. The minimum atomic E-state index is -0.284. The van der Waals surface area contributed by atoms with Crippen LogP contribution in [-0.2, 0) is 11.3 Å². The molecular formula is C13H17N3O2. The maximum absolute atomic E-state index is 10.5. The number of carbonyl (C=O) groups is 1. The third-order valence-corrected chi connectivity index (χ3v) is 2.49. The van der Waals surface area contributed by atoms with Crippen LogP contribution >= 0.6 is 0 Å². The Balaban J connectivity index is 2.44. The predicted molar refractivity (Wildman–Crippen MR) is 67.8 cm³/mol. The van der Waals surface area contributed by atoms with E-state index in [2.05, 4.69) is 11.4 Å². The number of nitrogens with two attached hydrogens (primary N) is 1. The van der Waals surface area contributed by atoms with Gasteiger partial charge in [-0.1, -0.05) is 6.07 Å². The summed E-state index contributed by atoms with van der Waals surface area (Å²) in [6, 6.07) is 7.56. The first-order chi connectivity index (χ1) is 8.67. The maximum atomic E-state index is 10.5. The molecule has 5 heteroatoms. The van der Waals surface area contributed by atoms with E-state index in [1.807, 2.05) is 6.07 Å². The third kappa shape index (κ3) is 4.44. The zero-order valence-electron chi connectivity index (χ0n) is 10.4. The normalized spacial score (nSPS) is 9.78. The minimum Gasteiger partial charge on any atom is -0.495 e. The molecule has 0 saturated carbocycles. The number of nitrogens with zero attached hydrogens (tertiary/aromatic N) is 1. The van der Waals surface area contributed by atoms with E-state index < -0.39 is 0 Å². The Kier molecular flexibility index (Phi) is 5.68. The standard InChI is InChI=1S/C13H17N3O2/c1-18-12-5-4-10(7-11(12)8-14)9-16-6-2-3-13(15)17/h4-5,7,16H,2-3,6,9H2,1H3,(H2,15,17). The fourth-order valence-corrected chi connectivity index (χ4v) is 1.57. The van der Waals surface area contributed by atoms with E-state index in [1.54, 1.807) is 12.1 Å². The van der Waals surface area contributed by atoms with Gasteiger partial charge >= 0.3 is 0 Å². The first kappa shape index (κ1) is 14.0. The number of hydrogen-bond donors (Lipinski definition) is 2. The van der Waals surface area contributed by atoms with Crippen LogP contribution in [-0.4, -0.2) is 19.6 Å². The van der Waals surface area contributed by atoms with E-state index >= 15 is 0 Å². The molecule has 3 N–H and O–H groups in total. The highest BCUT2D eigenvalue weighted by molar-refractivity contribution is 5.73. The lowest BCUT2D eigenvalue weighted by Gasteiger charge is -2.07. The summed E-state index contributed by atoms with van der Waals surface area (Å²) in [5.74, 6) is 0.294. The fourth-order valence-electron chi connectivity index (χ4n) is 1.57. The zero-order valence-corrected chi connectivity index (χ0v) is 10.4. The molecule has 0 radical (unpaired) electrons. The highest BCUT2D eigenvalue weighted by Crippen LogP contribution is 2.18. The molecule has 96 valence electrons. The monoisotopic (exact) mass is 247 g/mol. The van der Waals surface area contributed by atoms with Gasteiger partial charge in [0.05, 0.1) is 12.7 Å². The number of rotatable bonds is 7. The number of nitrogens with one attached hydrogen (secondary N) is 1. The van der Waals surface area contributed by atoms with Gasteiger partial charge < -0.3 is 15.8 Å². The van der Waals surface area contributed by atoms with Crippen LogP contribution in [0.25, 0.3) is 0 Å². The number of carbonyl (C=O) groups excluding carboxylic acids is 1. The summed E-state index contributed by atoms with van der Waals surface area (Å²) < 4.78 is 5.07. The Morgan fingerprint density at radius 3 is 2.94 bits per heavy atom. The second kappa shape index (κ2) is 7.30. The molecule has 1 aromatic carbocycles. The average Bonchev–Trinajstić information content (AvgIpc) is 2.37. The van der Waals surface area contributed by atoms with Crippen molar-refractivity contribution in [2.24, 2.45) is 5.73 Å². The molecule has 1 amide bonds. The van der Waals surface area contributed by atoms with E-state index in [4.69, 9.17) is 15.7 Å². The lowest BCUT2D eigenvalue weighted by Crippen LogP contribution is -2.18. The molecule has 0 spiro atoms. The van der Waals surface area contributed by atoms with Gasteiger partial charge in [0.25, 0.3) is 0 Å². The lowest BCUT2D eigenvalue weighted by atomic mass is 10.1. The first-order valence-corrected chi connectivity index (χ1v) is 5.73. The average molecular weight is 247 g/mol. The van der Waals surface area contributed by atoms with Crippen LogP contribution < -0.4 is 15.8 Å². The first-order valence-electron chi connectivity index (χ1n) is 5.73. The van der Waals surface area contributed by atoms with Gasteiger partial charge in [-0.2, -0.15) is 5.26 Å². The largest absolute Gasteiger partial charge is 0.495 e. The van der Waals surface area contributed by atoms with Gasteiger partial charge in [0.15, 0.2) is 0 Å². The van der Waals surface area contributed by atoms with E-state index in [9.17, 15) is 4.79 Å². The second-order valence-corrected chi connectivity index (χ2v) is 3.89. The van der Waals surface area contributed by atoms with Crippen LogP contribution in [0.15, 0.2) is 18.2 Å². The predicted octanol–water partition coefficient (Wildman–Crippen LogP) is 0.922. The van der Waals surface area contributed by atoms with Gasteiger partial charge in [-0.05, 0) is 30.7 Å². The summed E-state index contributed by atoms with van der Waals surface area (Å²) in [7, 11) is 1.54. The lowest BCUT2D eigenvalue weighted by molar-refractivity contribution is -0.118.